The fourth-order valence-corrected chi connectivity index (χ4v) is 5.52. The molecule has 2 aliphatic heterocycles. The van der Waals surface area contributed by atoms with Gasteiger partial charge in [-0.05, 0) is 73.8 Å². The predicted octanol–water partition coefficient (Wildman–Crippen LogP) is 6.46. The van der Waals surface area contributed by atoms with Crippen molar-refractivity contribution in [2.75, 3.05) is 0 Å². The first kappa shape index (κ1) is 26.0. The van der Waals surface area contributed by atoms with Crippen LogP contribution in [0.4, 0.5) is 17.6 Å². The highest BCUT2D eigenvalue weighted by Gasteiger charge is 2.42. The third-order valence-corrected chi connectivity index (χ3v) is 7.35. The van der Waals surface area contributed by atoms with Crippen molar-refractivity contribution in [1.29, 1.82) is 0 Å². The Kier molecular flexibility index (Phi) is 7.23. The zero-order valence-corrected chi connectivity index (χ0v) is 20.1. The van der Waals surface area contributed by atoms with E-state index in [1.807, 2.05) is 0 Å². The lowest BCUT2D eigenvalue weighted by atomic mass is 9.95. The summed E-state index contributed by atoms with van der Waals surface area (Å²) >= 11 is 6.01. The largest absolute Gasteiger partial charge is 0.478 e. The lowest BCUT2D eigenvalue weighted by molar-refractivity contribution is -0.137. The van der Waals surface area contributed by atoms with Crippen molar-refractivity contribution in [2.45, 2.75) is 75.4 Å². The van der Waals surface area contributed by atoms with E-state index in [0.29, 0.717) is 19.4 Å². The fourth-order valence-electron chi connectivity index (χ4n) is 5.31. The molecular formula is C24H24Cl2F4N2O3. The summed E-state index contributed by atoms with van der Waals surface area (Å²) in [6.45, 7) is 0.532. The van der Waals surface area contributed by atoms with Crippen molar-refractivity contribution in [3.05, 3.63) is 57.5 Å². The van der Waals surface area contributed by atoms with Crippen molar-refractivity contribution in [3.8, 4) is 5.88 Å². The summed E-state index contributed by atoms with van der Waals surface area (Å²) in [6, 6.07) is 4.02. The van der Waals surface area contributed by atoms with Crippen LogP contribution in [0.5, 0.6) is 5.88 Å². The van der Waals surface area contributed by atoms with E-state index in [9.17, 15) is 27.5 Å². The number of ether oxygens (including phenoxy) is 1. The normalized spacial score (nSPS) is 24.2. The molecule has 2 aromatic rings. The summed E-state index contributed by atoms with van der Waals surface area (Å²) in [5, 5.41) is 9.12. The fraction of sp³-hybridized carbons (Fsp3) is 0.500. The van der Waals surface area contributed by atoms with Crippen molar-refractivity contribution in [2.24, 2.45) is 0 Å². The molecule has 0 unspecified atom stereocenters. The summed E-state index contributed by atoms with van der Waals surface area (Å²) in [4.78, 5) is 17.5. The van der Waals surface area contributed by atoms with Crippen LogP contribution in [0.2, 0.25) is 5.02 Å². The Hall–Kier alpha value is -2.10. The van der Waals surface area contributed by atoms with Gasteiger partial charge in [-0.1, -0.05) is 11.6 Å². The van der Waals surface area contributed by atoms with Crippen LogP contribution in [0.15, 0.2) is 24.4 Å². The van der Waals surface area contributed by atoms with E-state index in [1.54, 1.807) is 0 Å². The summed E-state index contributed by atoms with van der Waals surface area (Å²) in [7, 11) is 0. The minimum Gasteiger partial charge on any atom is -0.478 e. The van der Waals surface area contributed by atoms with Crippen LogP contribution < -0.4 is 4.74 Å². The van der Waals surface area contributed by atoms with Gasteiger partial charge >= 0.3 is 12.1 Å². The maximum Gasteiger partial charge on any atom is 0.417 e. The number of rotatable bonds is 6. The van der Waals surface area contributed by atoms with Crippen LogP contribution in [0.25, 0.3) is 0 Å². The monoisotopic (exact) mass is 534 g/mol. The standard InChI is InChI=1S/C24H23ClF4N2O3.ClH/c25-20-6-14(24(27,28)29)10-30-22(20)34-17-7-15-3-4-16(8-17)31(15)11-13-5-21(26)19(23(32)33)9-18(13)12-1-2-12;/h5-6,9-10,12,15-17H,1-4,7-8,11H2,(H,32,33);1H/t15-,16+,17-;. The van der Waals surface area contributed by atoms with E-state index in [1.165, 1.54) is 12.1 Å². The lowest BCUT2D eigenvalue weighted by Gasteiger charge is -2.39. The first-order valence-corrected chi connectivity index (χ1v) is 11.7. The van der Waals surface area contributed by atoms with E-state index < -0.39 is 23.5 Å². The third-order valence-electron chi connectivity index (χ3n) is 7.08. The topological polar surface area (TPSA) is 62.7 Å². The molecule has 3 heterocycles. The number of piperidine rings is 1. The maximum absolute atomic E-state index is 14.5. The van der Waals surface area contributed by atoms with Gasteiger partial charge in [0.05, 0.1) is 11.1 Å². The lowest BCUT2D eigenvalue weighted by Crippen LogP contribution is -2.46. The number of benzene rings is 1. The SMILES string of the molecule is Cl.O=C(O)c1cc(C2CC2)c(CN2[C@@H]3CC[C@H]2C[C@H](Oc2ncc(C(F)(F)F)cc2Cl)C3)cc1F. The second kappa shape index (κ2) is 9.75. The second-order valence-corrected chi connectivity index (χ2v) is 9.79. The number of hydrogen-bond donors (Lipinski definition) is 1. The Balaban J connectivity index is 0.00000289. The molecule has 1 aliphatic carbocycles. The van der Waals surface area contributed by atoms with Crippen LogP contribution in [0, 0.1) is 5.82 Å². The minimum atomic E-state index is -4.53. The van der Waals surface area contributed by atoms with Crippen LogP contribution in [-0.2, 0) is 12.7 Å². The molecule has 1 N–H and O–H groups in total. The van der Waals surface area contributed by atoms with Crippen molar-refractivity contribution >= 4 is 30.0 Å². The highest BCUT2D eigenvalue weighted by atomic mass is 35.5. The van der Waals surface area contributed by atoms with Gasteiger partial charge in [0.1, 0.15) is 16.9 Å². The number of aromatic nitrogens is 1. The number of halogens is 6. The number of alkyl halides is 3. The number of carboxylic acid groups (broad SMARTS) is 1. The molecule has 35 heavy (non-hydrogen) atoms. The third kappa shape index (κ3) is 5.37. The van der Waals surface area contributed by atoms with Crippen LogP contribution in [-0.4, -0.2) is 39.1 Å². The van der Waals surface area contributed by atoms with Gasteiger partial charge in [-0.25, -0.2) is 14.2 Å². The van der Waals surface area contributed by atoms with Gasteiger partial charge in [-0.15, -0.1) is 12.4 Å². The molecule has 0 amide bonds. The zero-order chi connectivity index (χ0) is 24.2. The molecular weight excluding hydrogens is 511 g/mol. The molecule has 3 aliphatic rings. The quantitative estimate of drug-likeness (QED) is 0.430. The average Bonchev–Trinajstić information content (AvgIpc) is 3.56. The number of fused-ring (bicyclic) bond motifs is 2. The summed E-state index contributed by atoms with van der Waals surface area (Å²) in [6.07, 6.45) is 1.10. The molecule has 5 nitrogen and oxygen atoms in total. The number of carboxylic acids is 1. The molecule has 0 spiro atoms. The Labute approximate surface area is 210 Å². The average molecular weight is 535 g/mol. The van der Waals surface area contributed by atoms with E-state index in [-0.39, 0.29) is 53.0 Å². The molecule has 3 fully saturated rings. The first-order chi connectivity index (χ1) is 16.1. The summed E-state index contributed by atoms with van der Waals surface area (Å²) in [5.41, 5.74) is 0.528. The number of aromatic carboxylic acids is 1. The van der Waals surface area contributed by atoms with Gasteiger partial charge in [0, 0.05) is 24.8 Å². The molecule has 0 radical (unpaired) electrons. The van der Waals surface area contributed by atoms with E-state index in [0.717, 1.165) is 49.1 Å². The van der Waals surface area contributed by atoms with Crippen molar-refractivity contribution < 1.29 is 32.2 Å². The van der Waals surface area contributed by atoms with Gasteiger partial charge in [0.15, 0.2) is 0 Å². The maximum atomic E-state index is 14.5. The molecule has 1 aromatic heterocycles. The van der Waals surface area contributed by atoms with Crippen molar-refractivity contribution in [1.82, 2.24) is 9.88 Å². The molecule has 2 saturated heterocycles. The summed E-state index contributed by atoms with van der Waals surface area (Å²) < 4.78 is 59.0. The minimum absolute atomic E-state index is 0. The van der Waals surface area contributed by atoms with Gasteiger partial charge in [-0.2, -0.15) is 13.2 Å². The zero-order valence-electron chi connectivity index (χ0n) is 18.5. The number of carbonyl (C=O) groups is 1. The van der Waals surface area contributed by atoms with E-state index in [4.69, 9.17) is 16.3 Å². The molecule has 5 rings (SSSR count). The number of hydrogen-bond acceptors (Lipinski definition) is 4. The Morgan fingerprint density at radius 3 is 2.34 bits per heavy atom. The van der Waals surface area contributed by atoms with Gasteiger partial charge < -0.3 is 9.84 Å². The molecule has 190 valence electrons. The van der Waals surface area contributed by atoms with Gasteiger partial charge in [-0.3, -0.25) is 4.90 Å². The van der Waals surface area contributed by atoms with E-state index >= 15 is 0 Å². The number of nitrogens with zero attached hydrogens (tertiary/aromatic N) is 2. The highest BCUT2D eigenvalue weighted by Crippen LogP contribution is 2.45. The molecule has 1 aromatic carbocycles. The molecule has 1 saturated carbocycles. The first-order valence-electron chi connectivity index (χ1n) is 11.3. The Bertz CT molecular complexity index is 1110. The van der Waals surface area contributed by atoms with E-state index in [2.05, 4.69) is 9.88 Å². The smallest absolute Gasteiger partial charge is 0.417 e. The highest BCUT2D eigenvalue weighted by molar-refractivity contribution is 6.31. The van der Waals surface area contributed by atoms with Crippen LogP contribution in [0.3, 0.4) is 0 Å². The second-order valence-electron chi connectivity index (χ2n) is 9.39. The van der Waals surface area contributed by atoms with Gasteiger partial charge in [0.25, 0.3) is 0 Å². The summed E-state index contributed by atoms with van der Waals surface area (Å²) in [5.74, 6) is -1.71. The number of pyridine rings is 1. The van der Waals surface area contributed by atoms with Crippen LogP contribution in [0.1, 0.15) is 71.5 Å². The predicted molar refractivity (Wildman–Crippen MR) is 123 cm³/mol. The Morgan fingerprint density at radius 2 is 1.80 bits per heavy atom. The molecule has 3 atom stereocenters. The van der Waals surface area contributed by atoms with Crippen molar-refractivity contribution in [3.63, 3.8) is 0 Å². The van der Waals surface area contributed by atoms with Crippen LogP contribution >= 0.6 is 24.0 Å². The molecule has 11 heteroatoms. The van der Waals surface area contributed by atoms with Gasteiger partial charge in [0.2, 0.25) is 5.88 Å². The molecule has 2 bridgehead atoms. The Morgan fingerprint density at radius 1 is 1.14 bits per heavy atom.